The van der Waals surface area contributed by atoms with Gasteiger partial charge in [-0.15, -0.1) is 0 Å². The number of nitrogens with one attached hydrogen (secondary N) is 9. The van der Waals surface area contributed by atoms with Gasteiger partial charge in [0.1, 0.15) is 30.5 Å². The molecule has 2 saturated carbocycles. The van der Waals surface area contributed by atoms with Crippen molar-refractivity contribution in [2.45, 2.75) is 113 Å². The highest BCUT2D eigenvalue weighted by atomic mass is 16.2. The topological polar surface area (TPSA) is 273 Å². The average Bonchev–Trinajstić information content (AvgIpc) is 3.93. The van der Waals surface area contributed by atoms with Crippen molar-refractivity contribution >= 4 is 58.6 Å². The Hall–Kier alpha value is -6.30. The Labute approximate surface area is 372 Å². The molecule has 6 amide bonds. The molecule has 3 heterocycles. The molecule has 0 radical (unpaired) electrons. The third-order valence-corrected chi connectivity index (χ3v) is 13.8. The van der Waals surface area contributed by atoms with E-state index < -0.39 is 83.2 Å². The Balaban J connectivity index is 1.20. The summed E-state index contributed by atoms with van der Waals surface area (Å²) in [5.41, 5.74) is 7.03. The van der Waals surface area contributed by atoms with Crippen LogP contribution in [0.15, 0.2) is 60.8 Å². The van der Waals surface area contributed by atoms with Crippen LogP contribution in [-0.4, -0.2) is 119 Å². The van der Waals surface area contributed by atoms with Gasteiger partial charge >= 0.3 is 0 Å². The maximum absolute atomic E-state index is 14.6. The second kappa shape index (κ2) is 20.0. The molecule has 2 aliphatic carbocycles. The van der Waals surface area contributed by atoms with Crippen molar-refractivity contribution in [1.29, 1.82) is 5.41 Å². The Kier molecular flexibility index (Phi) is 14.3. The first-order valence-corrected chi connectivity index (χ1v) is 22.5. The van der Waals surface area contributed by atoms with Crippen LogP contribution in [-0.2, 0) is 46.4 Å². The zero-order valence-electron chi connectivity index (χ0n) is 36.4. The van der Waals surface area contributed by atoms with Gasteiger partial charge in [0.05, 0.1) is 11.6 Å². The van der Waals surface area contributed by atoms with Gasteiger partial charge in [-0.3, -0.25) is 34.2 Å². The molecular formula is C46H61N11O7. The van der Waals surface area contributed by atoms with E-state index in [9.17, 15) is 33.6 Å². The van der Waals surface area contributed by atoms with E-state index >= 15 is 0 Å². The molecule has 10 atom stereocenters. The highest BCUT2D eigenvalue weighted by molar-refractivity contribution is 5.95. The molecule has 4 unspecified atom stereocenters. The summed E-state index contributed by atoms with van der Waals surface area (Å²) < 4.78 is 0. The molecule has 1 aromatic heterocycles. The Morgan fingerprint density at radius 1 is 1.00 bits per heavy atom. The van der Waals surface area contributed by atoms with E-state index in [1.165, 1.54) is 11.8 Å². The number of H-pyrrole nitrogens is 1. The molecule has 11 N–H and O–H groups in total. The minimum Gasteiger partial charge on any atom is -0.370 e. The largest absolute Gasteiger partial charge is 0.370 e. The Morgan fingerprint density at radius 2 is 1.77 bits per heavy atom. The second-order valence-corrected chi connectivity index (χ2v) is 17.8. The lowest BCUT2D eigenvalue weighted by Gasteiger charge is -2.71. The Bertz CT molecular complexity index is 2230. The molecule has 4 aliphatic rings. The summed E-state index contributed by atoms with van der Waals surface area (Å²) in [6.45, 7) is 3.93. The Morgan fingerprint density at radius 3 is 2.52 bits per heavy atom. The normalized spacial score (nSPS) is 29.1. The molecule has 18 heteroatoms. The first-order chi connectivity index (χ1) is 30.8. The number of nitrogens with zero attached hydrogens (tertiary/aromatic N) is 1. The second-order valence-electron chi connectivity index (χ2n) is 17.8. The number of guanidine groups is 1. The molecule has 342 valence electrons. The fourth-order valence-corrected chi connectivity index (χ4v) is 10.5. The number of fused-ring (bicyclic) bond motifs is 2. The summed E-state index contributed by atoms with van der Waals surface area (Å²) in [5.74, 6) is -3.67. The first kappa shape index (κ1) is 45.7. The quantitative estimate of drug-likeness (QED) is 0.0513. The fraction of sp³-hybridized carbons (Fsp3) is 0.522. The number of aldehydes is 1. The SMILES string of the molecule is CC(=O)N[C@@H](Cc1ccccc1)C(=O)N[C@H]1CCCNC(=O)[C@H](CCCNC(=N)N)NC(=O)[C@H](Cc2c[nH]c3ccccc23)NC2CC3C(C)[C@H](C=O)C23NC(=O)[C@@H]2CCCN2C1=O. The van der Waals surface area contributed by atoms with Gasteiger partial charge in [-0.1, -0.05) is 55.5 Å². The maximum atomic E-state index is 14.6. The molecule has 64 heavy (non-hydrogen) atoms. The maximum Gasteiger partial charge on any atom is 0.245 e. The van der Waals surface area contributed by atoms with Crippen molar-refractivity contribution in [1.82, 2.24) is 47.1 Å². The van der Waals surface area contributed by atoms with Crippen LogP contribution in [0.2, 0.25) is 0 Å². The summed E-state index contributed by atoms with van der Waals surface area (Å²) in [6.07, 6.45) is 5.51. The minimum atomic E-state index is -1.11. The van der Waals surface area contributed by atoms with E-state index in [0.29, 0.717) is 25.7 Å². The van der Waals surface area contributed by atoms with Crippen molar-refractivity contribution < 1.29 is 33.6 Å². The van der Waals surface area contributed by atoms with Gasteiger partial charge in [0.2, 0.25) is 35.4 Å². The molecule has 2 aromatic carbocycles. The van der Waals surface area contributed by atoms with Crippen molar-refractivity contribution in [2.24, 2.45) is 23.5 Å². The highest BCUT2D eigenvalue weighted by Crippen LogP contribution is 2.60. The van der Waals surface area contributed by atoms with Gasteiger partial charge in [-0.25, -0.2) is 0 Å². The van der Waals surface area contributed by atoms with Gasteiger partial charge in [0.15, 0.2) is 5.96 Å². The number of rotatable bonds is 12. The van der Waals surface area contributed by atoms with Crippen LogP contribution in [0.4, 0.5) is 0 Å². The molecule has 18 nitrogen and oxygen atoms in total. The van der Waals surface area contributed by atoms with Gasteiger partial charge < -0.3 is 57.6 Å². The van der Waals surface area contributed by atoms with E-state index in [2.05, 4.69) is 42.2 Å². The first-order valence-electron chi connectivity index (χ1n) is 22.5. The zero-order valence-corrected chi connectivity index (χ0v) is 36.4. The summed E-state index contributed by atoms with van der Waals surface area (Å²) in [5, 5.41) is 29.5. The number of hydrogen-bond acceptors (Lipinski definition) is 9. The summed E-state index contributed by atoms with van der Waals surface area (Å²) in [6, 6.07) is 11.5. The lowest BCUT2D eigenvalue weighted by molar-refractivity contribution is -0.179. The van der Waals surface area contributed by atoms with Crippen molar-refractivity contribution in [3.8, 4) is 0 Å². The van der Waals surface area contributed by atoms with E-state index in [1.54, 1.807) is 0 Å². The van der Waals surface area contributed by atoms with Crippen LogP contribution in [0, 0.1) is 23.2 Å². The van der Waals surface area contributed by atoms with Crippen LogP contribution >= 0.6 is 0 Å². The van der Waals surface area contributed by atoms with Crippen LogP contribution in [0.25, 0.3) is 10.9 Å². The standard InChI is InChI=1S/C46H61N11O7/c1-26-31-23-39-46(31,32(26)25-58)56-43(63)38-17-10-20-57(38)44(64)35(55-41(61)36(52-27(2)59)21-28-11-4-3-5-12-28)16-9-18-49-40(60)34(15-8-19-50-45(47)48)54-42(62)37(53-39)22-29-24-51-33-14-7-6-13-30(29)33/h3-7,11-14,24-26,31-32,34-39,51,53H,8-10,15-23H2,1-2H3,(H,49,60)(H,52,59)(H,54,62)(H,55,61)(H,56,63)(H4,47,48,50)/t26?,31?,32-,34-,35-,36-,37-,38-,39?,46?/m0/s1. The molecular weight excluding hydrogens is 819 g/mol. The summed E-state index contributed by atoms with van der Waals surface area (Å²) >= 11 is 0. The smallest absolute Gasteiger partial charge is 0.245 e. The van der Waals surface area contributed by atoms with Crippen molar-refractivity contribution in [3.63, 3.8) is 0 Å². The van der Waals surface area contributed by atoms with Crippen molar-refractivity contribution in [3.05, 3.63) is 71.9 Å². The van der Waals surface area contributed by atoms with E-state index in [0.717, 1.165) is 28.3 Å². The molecule has 1 spiro atoms. The molecule has 4 fully saturated rings. The van der Waals surface area contributed by atoms with Gasteiger partial charge in [0, 0.05) is 62.0 Å². The van der Waals surface area contributed by atoms with E-state index in [-0.39, 0.29) is 69.5 Å². The number of amides is 6. The van der Waals surface area contributed by atoms with Gasteiger partial charge in [0.25, 0.3) is 0 Å². The number of carbonyl (C=O) groups excluding carboxylic acids is 7. The highest BCUT2D eigenvalue weighted by Gasteiger charge is 2.72. The van der Waals surface area contributed by atoms with Crippen LogP contribution in [0.5, 0.6) is 0 Å². The third-order valence-electron chi connectivity index (χ3n) is 13.8. The van der Waals surface area contributed by atoms with Crippen LogP contribution < -0.4 is 43.0 Å². The summed E-state index contributed by atoms with van der Waals surface area (Å²) in [4.78, 5) is 102. The number of nitrogens with two attached hydrogens (primary N) is 1. The molecule has 2 saturated heterocycles. The fourth-order valence-electron chi connectivity index (χ4n) is 10.5. The van der Waals surface area contributed by atoms with Crippen LogP contribution in [0.3, 0.4) is 0 Å². The predicted octanol–water partition coefficient (Wildman–Crippen LogP) is 0.258. The lowest BCUT2D eigenvalue weighted by atomic mass is 9.40. The number of hydrogen-bond donors (Lipinski definition) is 10. The average molecular weight is 880 g/mol. The summed E-state index contributed by atoms with van der Waals surface area (Å²) in [7, 11) is 0. The van der Waals surface area contributed by atoms with E-state index in [4.69, 9.17) is 11.1 Å². The van der Waals surface area contributed by atoms with Gasteiger partial charge in [-0.05, 0) is 80.4 Å². The predicted molar refractivity (Wildman–Crippen MR) is 238 cm³/mol. The number of aromatic nitrogens is 1. The van der Waals surface area contributed by atoms with Crippen LogP contribution in [0.1, 0.15) is 69.9 Å². The molecule has 3 aromatic rings. The number of para-hydroxylation sites is 1. The molecule has 0 bridgehead atoms. The van der Waals surface area contributed by atoms with Gasteiger partial charge in [-0.2, -0.15) is 0 Å². The number of benzene rings is 2. The van der Waals surface area contributed by atoms with E-state index in [1.807, 2.05) is 67.7 Å². The minimum absolute atomic E-state index is 0.0420. The lowest BCUT2D eigenvalue weighted by Crippen LogP contribution is -2.87. The number of aromatic amines is 1. The zero-order chi connectivity index (χ0) is 45.5. The molecule has 2 aliphatic heterocycles. The number of carbonyl (C=O) groups is 7. The molecule has 7 rings (SSSR count). The third kappa shape index (κ3) is 9.76. The van der Waals surface area contributed by atoms with Crippen molar-refractivity contribution in [2.75, 3.05) is 19.6 Å². The monoisotopic (exact) mass is 879 g/mol.